The zero-order valence-electron chi connectivity index (χ0n) is 10.7. The van der Waals surface area contributed by atoms with E-state index in [1.807, 2.05) is 6.92 Å². The van der Waals surface area contributed by atoms with Gasteiger partial charge in [-0.1, -0.05) is 27.2 Å². The van der Waals surface area contributed by atoms with Crippen LogP contribution in [0.1, 0.15) is 33.6 Å². The predicted molar refractivity (Wildman–Crippen MR) is 68.0 cm³/mol. The number of nitrogens with one attached hydrogen (secondary N) is 1. The van der Waals surface area contributed by atoms with E-state index in [9.17, 15) is 0 Å². The molecule has 96 valence electrons. The van der Waals surface area contributed by atoms with Gasteiger partial charge < -0.3 is 15.8 Å². The van der Waals surface area contributed by atoms with Crippen molar-refractivity contribution < 1.29 is 4.74 Å². The van der Waals surface area contributed by atoms with Gasteiger partial charge in [0.25, 0.3) is 0 Å². The van der Waals surface area contributed by atoms with Gasteiger partial charge in [-0.25, -0.2) is 0 Å². The van der Waals surface area contributed by atoms with Crippen LogP contribution in [0.25, 0.3) is 0 Å². The molecule has 0 bridgehead atoms. The van der Waals surface area contributed by atoms with E-state index in [1.165, 1.54) is 0 Å². The molecular weight excluding hydrogens is 218 g/mol. The number of hydrogen-bond donors (Lipinski definition) is 2. The van der Waals surface area contributed by atoms with Gasteiger partial charge in [-0.3, -0.25) is 0 Å². The molecule has 1 aromatic rings. The molecule has 0 fully saturated rings. The van der Waals surface area contributed by atoms with Crippen LogP contribution >= 0.6 is 0 Å². The fraction of sp³-hybridized carbons (Fsp3) is 0.727. The van der Waals surface area contributed by atoms with Crippen molar-refractivity contribution in [3.05, 3.63) is 0 Å². The van der Waals surface area contributed by atoms with Crippen molar-refractivity contribution >= 4 is 11.9 Å². The number of rotatable bonds is 7. The van der Waals surface area contributed by atoms with Crippen molar-refractivity contribution in [2.75, 3.05) is 24.2 Å². The molecule has 0 aliphatic rings. The van der Waals surface area contributed by atoms with Crippen molar-refractivity contribution in [3.8, 4) is 6.01 Å². The van der Waals surface area contributed by atoms with Crippen LogP contribution in [-0.2, 0) is 0 Å². The lowest BCUT2D eigenvalue weighted by atomic mass is 10.1. The van der Waals surface area contributed by atoms with Crippen molar-refractivity contribution in [3.63, 3.8) is 0 Å². The molecule has 0 radical (unpaired) electrons. The van der Waals surface area contributed by atoms with Gasteiger partial charge >= 0.3 is 6.01 Å². The summed E-state index contributed by atoms with van der Waals surface area (Å²) >= 11 is 0. The third-order valence-corrected chi connectivity index (χ3v) is 2.37. The molecule has 0 aliphatic heterocycles. The second-order valence-corrected chi connectivity index (χ2v) is 4.04. The monoisotopic (exact) mass is 239 g/mol. The third-order valence-electron chi connectivity index (χ3n) is 2.37. The summed E-state index contributed by atoms with van der Waals surface area (Å²) in [5, 5.41) is 3.13. The highest BCUT2D eigenvalue weighted by atomic mass is 16.5. The summed E-state index contributed by atoms with van der Waals surface area (Å²) in [7, 11) is 0. The highest BCUT2D eigenvalue weighted by Gasteiger charge is 2.06. The zero-order valence-corrected chi connectivity index (χ0v) is 10.7. The first-order valence-corrected chi connectivity index (χ1v) is 6.03. The third kappa shape index (κ3) is 4.84. The molecule has 3 N–H and O–H groups in total. The topological polar surface area (TPSA) is 86.0 Å². The first kappa shape index (κ1) is 13.5. The van der Waals surface area contributed by atoms with Gasteiger partial charge in [0.2, 0.25) is 11.9 Å². The van der Waals surface area contributed by atoms with E-state index in [0.717, 1.165) is 19.4 Å². The van der Waals surface area contributed by atoms with Gasteiger partial charge in [0.05, 0.1) is 6.61 Å². The average molecular weight is 239 g/mol. The molecule has 1 aromatic heterocycles. The summed E-state index contributed by atoms with van der Waals surface area (Å²) in [6.07, 6.45) is 2.01. The Kier molecular flexibility index (Phi) is 5.45. The van der Waals surface area contributed by atoms with Crippen molar-refractivity contribution in [2.45, 2.75) is 33.6 Å². The highest BCUT2D eigenvalue weighted by molar-refractivity contribution is 5.32. The minimum atomic E-state index is 0.178. The van der Waals surface area contributed by atoms with Crippen LogP contribution in [0.5, 0.6) is 6.01 Å². The lowest BCUT2D eigenvalue weighted by molar-refractivity contribution is 0.292. The summed E-state index contributed by atoms with van der Waals surface area (Å²) in [6.45, 7) is 7.71. The van der Waals surface area contributed by atoms with Crippen LogP contribution in [0.3, 0.4) is 0 Å². The normalized spacial score (nSPS) is 12.2. The van der Waals surface area contributed by atoms with Crippen LogP contribution in [0.4, 0.5) is 11.9 Å². The molecule has 1 rings (SSSR count). The van der Waals surface area contributed by atoms with Gasteiger partial charge in [0.1, 0.15) is 0 Å². The van der Waals surface area contributed by atoms with E-state index in [2.05, 4.69) is 34.1 Å². The molecule has 0 amide bonds. The molecular formula is C11H21N5O. The molecule has 17 heavy (non-hydrogen) atoms. The second-order valence-electron chi connectivity index (χ2n) is 4.04. The Morgan fingerprint density at radius 2 is 2.06 bits per heavy atom. The number of ether oxygens (including phenoxy) is 1. The van der Waals surface area contributed by atoms with E-state index in [1.54, 1.807) is 0 Å². The van der Waals surface area contributed by atoms with E-state index >= 15 is 0 Å². The fourth-order valence-electron chi connectivity index (χ4n) is 1.12. The highest BCUT2D eigenvalue weighted by Crippen LogP contribution is 2.10. The predicted octanol–water partition coefficient (Wildman–Crippen LogP) is 1.70. The SMILES string of the molecule is CCCOc1nc(N)nc(NCC(C)CC)n1. The zero-order chi connectivity index (χ0) is 12.7. The lowest BCUT2D eigenvalue weighted by Crippen LogP contribution is -2.14. The summed E-state index contributed by atoms with van der Waals surface area (Å²) in [6, 6.07) is 0.283. The molecule has 0 spiro atoms. The number of nitrogen functional groups attached to an aromatic ring is 1. The van der Waals surface area contributed by atoms with Gasteiger partial charge in [-0.05, 0) is 12.3 Å². The van der Waals surface area contributed by atoms with Crippen LogP contribution in [0, 0.1) is 5.92 Å². The molecule has 1 unspecified atom stereocenters. The van der Waals surface area contributed by atoms with Crippen molar-refractivity contribution in [2.24, 2.45) is 5.92 Å². The van der Waals surface area contributed by atoms with Gasteiger partial charge in [-0.2, -0.15) is 15.0 Å². The van der Waals surface area contributed by atoms with Crippen LogP contribution in [0.2, 0.25) is 0 Å². The Balaban J connectivity index is 2.61. The Morgan fingerprint density at radius 1 is 1.29 bits per heavy atom. The summed E-state index contributed by atoms with van der Waals surface area (Å²) in [5.74, 6) is 1.22. The molecule has 1 atom stereocenters. The second kappa shape index (κ2) is 6.88. The minimum Gasteiger partial charge on any atom is -0.463 e. The van der Waals surface area contributed by atoms with Crippen molar-refractivity contribution in [1.82, 2.24) is 15.0 Å². The molecule has 0 saturated carbocycles. The fourth-order valence-corrected chi connectivity index (χ4v) is 1.12. The van der Waals surface area contributed by atoms with Crippen LogP contribution in [-0.4, -0.2) is 28.1 Å². The number of hydrogen-bond acceptors (Lipinski definition) is 6. The smallest absolute Gasteiger partial charge is 0.323 e. The minimum absolute atomic E-state index is 0.178. The maximum absolute atomic E-state index is 5.59. The van der Waals surface area contributed by atoms with Gasteiger partial charge in [0.15, 0.2) is 0 Å². The Labute approximate surface area is 102 Å². The van der Waals surface area contributed by atoms with Crippen molar-refractivity contribution in [1.29, 1.82) is 0 Å². The quantitative estimate of drug-likeness (QED) is 0.753. The number of nitrogens with two attached hydrogens (primary N) is 1. The Bertz CT molecular complexity index is 345. The molecule has 1 heterocycles. The standard InChI is InChI=1S/C11H21N5O/c1-4-6-17-11-15-9(12)14-10(16-11)13-7-8(3)5-2/h8H,4-7H2,1-3H3,(H3,12,13,14,15,16). The van der Waals surface area contributed by atoms with Crippen LogP contribution < -0.4 is 15.8 Å². The number of nitrogens with zero attached hydrogens (tertiary/aromatic N) is 3. The number of aromatic nitrogens is 3. The molecule has 0 aliphatic carbocycles. The average Bonchev–Trinajstić information content (AvgIpc) is 2.32. The molecule has 0 aromatic carbocycles. The van der Waals surface area contributed by atoms with E-state index in [0.29, 0.717) is 18.5 Å². The first-order chi connectivity index (χ1) is 8.15. The Hall–Kier alpha value is -1.59. The van der Waals surface area contributed by atoms with Gasteiger partial charge in [-0.15, -0.1) is 0 Å². The van der Waals surface area contributed by atoms with E-state index in [-0.39, 0.29) is 12.0 Å². The summed E-state index contributed by atoms with van der Waals surface area (Å²) < 4.78 is 5.33. The number of anilines is 2. The summed E-state index contributed by atoms with van der Waals surface area (Å²) in [4.78, 5) is 12.1. The van der Waals surface area contributed by atoms with E-state index in [4.69, 9.17) is 10.5 Å². The molecule has 6 nitrogen and oxygen atoms in total. The molecule has 0 saturated heterocycles. The van der Waals surface area contributed by atoms with Crippen LogP contribution in [0.15, 0.2) is 0 Å². The lowest BCUT2D eigenvalue weighted by Gasteiger charge is -2.10. The van der Waals surface area contributed by atoms with Gasteiger partial charge in [0, 0.05) is 6.54 Å². The molecule has 6 heteroatoms. The maximum Gasteiger partial charge on any atom is 0.323 e. The first-order valence-electron chi connectivity index (χ1n) is 6.03. The maximum atomic E-state index is 5.59. The summed E-state index contributed by atoms with van der Waals surface area (Å²) in [5.41, 5.74) is 5.59. The van der Waals surface area contributed by atoms with E-state index < -0.39 is 0 Å². The largest absolute Gasteiger partial charge is 0.463 e. The Morgan fingerprint density at radius 3 is 2.71 bits per heavy atom.